The molecule has 118 valence electrons. The second-order valence-electron chi connectivity index (χ2n) is 5.11. The molecule has 0 saturated heterocycles. The van der Waals surface area contributed by atoms with Crippen LogP contribution in [0.5, 0.6) is 5.75 Å². The largest absolute Gasteiger partial charge is 0.506 e. The molecule has 0 spiro atoms. The van der Waals surface area contributed by atoms with Crippen molar-refractivity contribution in [2.75, 3.05) is 7.11 Å². The quantitative estimate of drug-likeness (QED) is 0.391. The Morgan fingerprint density at radius 2 is 1.76 bits per heavy atom. The van der Waals surface area contributed by atoms with Crippen LogP contribution in [0.1, 0.15) is 77.6 Å². The zero-order valence-electron chi connectivity index (χ0n) is 12.8. The molecule has 1 rings (SSSR count). The van der Waals surface area contributed by atoms with Crippen LogP contribution in [0, 0.1) is 0 Å². The number of hydrogen-bond donors (Lipinski definition) is 1. The Morgan fingerprint density at radius 1 is 1.14 bits per heavy atom. The highest BCUT2D eigenvalue weighted by Gasteiger charge is 2.19. The lowest BCUT2D eigenvalue weighted by molar-refractivity contribution is 0.0603. The highest BCUT2D eigenvalue weighted by Crippen LogP contribution is 2.30. The number of hydrogen-bond acceptors (Lipinski definition) is 5. The fourth-order valence-corrected chi connectivity index (χ4v) is 3.06. The maximum atomic E-state index is 12.0. The molecule has 0 fully saturated rings. The van der Waals surface area contributed by atoms with E-state index in [1.54, 1.807) is 0 Å². The molecule has 5 heteroatoms. The minimum atomic E-state index is -0.604. The second kappa shape index (κ2) is 9.55. The summed E-state index contributed by atoms with van der Waals surface area (Å²) in [5, 5.41) is 9.63. The van der Waals surface area contributed by atoms with E-state index in [1.165, 1.54) is 38.9 Å². The maximum absolute atomic E-state index is 12.0. The maximum Gasteiger partial charge on any atom is 0.351 e. The Bertz CT molecular complexity index is 465. The molecule has 4 nitrogen and oxygen atoms in total. The summed E-state index contributed by atoms with van der Waals surface area (Å²) in [4.78, 5) is 23.9. The molecule has 0 atom stereocenters. The Morgan fingerprint density at radius 3 is 2.38 bits per heavy atom. The van der Waals surface area contributed by atoms with Gasteiger partial charge in [0, 0.05) is 12.5 Å². The van der Waals surface area contributed by atoms with E-state index < -0.39 is 5.97 Å². The third-order valence-electron chi connectivity index (χ3n) is 3.37. The number of ketones is 1. The molecule has 21 heavy (non-hydrogen) atoms. The van der Waals surface area contributed by atoms with Gasteiger partial charge in [-0.1, -0.05) is 45.4 Å². The number of rotatable bonds is 10. The number of thiophene rings is 1. The lowest BCUT2D eigenvalue weighted by atomic mass is 10.1. The molecular formula is C16H24O4S. The van der Waals surface area contributed by atoms with Gasteiger partial charge in [-0.05, 0) is 6.42 Å². The predicted octanol–water partition coefficient (Wildman–Crippen LogP) is 4.56. The molecule has 0 aliphatic heterocycles. The summed E-state index contributed by atoms with van der Waals surface area (Å²) in [6.07, 6.45) is 8.56. The first kappa shape index (κ1) is 17.7. The number of unbranched alkanes of at least 4 members (excludes halogenated alkanes) is 6. The first-order valence-corrected chi connectivity index (χ1v) is 8.36. The van der Waals surface area contributed by atoms with Crippen LogP contribution in [0.25, 0.3) is 0 Å². The number of carbonyl (C=O) groups is 2. The number of ether oxygens (including phenoxy) is 1. The van der Waals surface area contributed by atoms with Crippen LogP contribution in [0.4, 0.5) is 0 Å². The van der Waals surface area contributed by atoms with E-state index in [9.17, 15) is 14.7 Å². The Kier molecular flexibility index (Phi) is 8.05. The minimum Gasteiger partial charge on any atom is -0.506 e. The zero-order chi connectivity index (χ0) is 15.7. The van der Waals surface area contributed by atoms with Crippen molar-refractivity contribution in [1.29, 1.82) is 0 Å². The van der Waals surface area contributed by atoms with Gasteiger partial charge in [0.05, 0.1) is 12.0 Å². The van der Waals surface area contributed by atoms with Crippen LogP contribution < -0.4 is 0 Å². The molecule has 0 amide bonds. The van der Waals surface area contributed by atoms with Crippen molar-refractivity contribution < 1.29 is 19.4 Å². The van der Waals surface area contributed by atoms with E-state index in [1.807, 2.05) is 0 Å². The van der Waals surface area contributed by atoms with E-state index in [0.29, 0.717) is 11.3 Å². The first-order valence-electron chi connectivity index (χ1n) is 7.54. The van der Waals surface area contributed by atoms with Crippen LogP contribution >= 0.6 is 11.3 Å². The molecule has 1 aromatic heterocycles. The molecule has 0 saturated carbocycles. The van der Waals surface area contributed by atoms with Gasteiger partial charge in [0.2, 0.25) is 0 Å². The van der Waals surface area contributed by atoms with E-state index in [4.69, 9.17) is 0 Å². The fourth-order valence-electron chi connectivity index (χ4n) is 2.12. The van der Waals surface area contributed by atoms with Crippen molar-refractivity contribution in [3.05, 3.63) is 15.8 Å². The molecule has 1 N–H and O–H groups in total. The van der Waals surface area contributed by atoms with Crippen LogP contribution in [0.15, 0.2) is 6.07 Å². The lowest BCUT2D eigenvalue weighted by Gasteiger charge is -2.00. The molecule has 0 aliphatic rings. The summed E-state index contributed by atoms with van der Waals surface area (Å²) in [6, 6.07) is 1.36. The average molecular weight is 312 g/mol. The van der Waals surface area contributed by atoms with Gasteiger partial charge < -0.3 is 9.84 Å². The van der Waals surface area contributed by atoms with Crippen LogP contribution in [0.3, 0.4) is 0 Å². The molecular weight excluding hydrogens is 288 g/mol. The monoisotopic (exact) mass is 312 g/mol. The van der Waals surface area contributed by atoms with Gasteiger partial charge in [0.15, 0.2) is 10.7 Å². The van der Waals surface area contributed by atoms with Gasteiger partial charge in [-0.2, -0.15) is 0 Å². The smallest absolute Gasteiger partial charge is 0.351 e. The van der Waals surface area contributed by atoms with Gasteiger partial charge in [-0.3, -0.25) is 4.79 Å². The van der Waals surface area contributed by atoms with Gasteiger partial charge in [0.25, 0.3) is 0 Å². The highest BCUT2D eigenvalue weighted by molar-refractivity contribution is 7.16. The molecule has 0 aliphatic carbocycles. The van der Waals surface area contributed by atoms with Gasteiger partial charge in [-0.25, -0.2) is 4.79 Å². The normalized spacial score (nSPS) is 10.6. The average Bonchev–Trinajstić information content (AvgIpc) is 2.87. The number of carbonyl (C=O) groups excluding carboxylic acids is 2. The Hall–Kier alpha value is -1.36. The SMILES string of the molecule is CCCCCCCCCC(=O)c1cc(O)c(C(=O)OC)s1. The summed E-state index contributed by atoms with van der Waals surface area (Å²) in [5.41, 5.74) is 0. The third kappa shape index (κ3) is 5.87. The molecule has 1 heterocycles. The van der Waals surface area contributed by atoms with E-state index in [2.05, 4.69) is 11.7 Å². The van der Waals surface area contributed by atoms with Crippen molar-refractivity contribution in [2.24, 2.45) is 0 Å². The third-order valence-corrected chi connectivity index (χ3v) is 4.51. The Labute approximate surface area is 130 Å². The fraction of sp³-hybridized carbons (Fsp3) is 0.625. The summed E-state index contributed by atoms with van der Waals surface area (Å²) in [5.74, 6) is -0.791. The topological polar surface area (TPSA) is 63.6 Å². The van der Waals surface area contributed by atoms with Crippen molar-refractivity contribution in [3.8, 4) is 5.75 Å². The summed E-state index contributed by atoms with van der Waals surface area (Å²) >= 11 is 1.00. The van der Waals surface area contributed by atoms with Gasteiger partial charge >= 0.3 is 5.97 Å². The summed E-state index contributed by atoms with van der Waals surface area (Å²) < 4.78 is 4.56. The van der Waals surface area contributed by atoms with Crippen LogP contribution in [0.2, 0.25) is 0 Å². The Balaban J connectivity index is 2.34. The van der Waals surface area contributed by atoms with Crippen molar-refractivity contribution in [2.45, 2.75) is 58.3 Å². The van der Waals surface area contributed by atoms with Crippen molar-refractivity contribution >= 4 is 23.1 Å². The zero-order valence-corrected chi connectivity index (χ0v) is 13.6. The number of esters is 1. The predicted molar refractivity (Wildman–Crippen MR) is 84.3 cm³/mol. The van der Waals surface area contributed by atoms with Crippen molar-refractivity contribution in [1.82, 2.24) is 0 Å². The first-order chi connectivity index (χ1) is 10.1. The lowest BCUT2D eigenvalue weighted by Crippen LogP contribution is -1.98. The molecule has 1 aromatic rings. The molecule has 0 radical (unpaired) electrons. The van der Waals surface area contributed by atoms with E-state index in [0.717, 1.165) is 30.6 Å². The molecule has 0 unspecified atom stereocenters. The van der Waals surface area contributed by atoms with Crippen LogP contribution in [-0.2, 0) is 4.74 Å². The summed E-state index contributed by atoms with van der Waals surface area (Å²) in [6.45, 7) is 2.19. The number of methoxy groups -OCH3 is 1. The summed E-state index contributed by atoms with van der Waals surface area (Å²) in [7, 11) is 1.25. The van der Waals surface area contributed by atoms with Gasteiger partial charge in [0.1, 0.15) is 5.75 Å². The van der Waals surface area contributed by atoms with E-state index in [-0.39, 0.29) is 16.4 Å². The van der Waals surface area contributed by atoms with Gasteiger partial charge in [-0.15, -0.1) is 11.3 Å². The standard InChI is InChI=1S/C16H24O4S/c1-3-4-5-6-7-8-9-10-12(17)14-11-13(18)15(21-14)16(19)20-2/h11,18H,3-10H2,1-2H3. The van der Waals surface area contributed by atoms with Crippen molar-refractivity contribution in [3.63, 3.8) is 0 Å². The molecule has 0 aromatic carbocycles. The molecule has 0 bridgehead atoms. The highest BCUT2D eigenvalue weighted by atomic mass is 32.1. The number of aromatic hydroxyl groups is 1. The second-order valence-corrected chi connectivity index (χ2v) is 6.16. The van der Waals surface area contributed by atoms with Crippen LogP contribution in [-0.4, -0.2) is 24.0 Å². The number of Topliss-reactive ketones (excluding diaryl/α,β-unsaturated/α-hetero) is 1. The van der Waals surface area contributed by atoms with E-state index >= 15 is 0 Å². The minimum absolute atomic E-state index is 0.0148.